The van der Waals surface area contributed by atoms with Crippen LogP contribution in [0.1, 0.15) is 0 Å². The van der Waals surface area contributed by atoms with Gasteiger partial charge >= 0.3 is 0 Å². The van der Waals surface area contributed by atoms with E-state index in [0.29, 0.717) is 0 Å². The first-order valence-electron chi connectivity index (χ1n) is 14.2. The maximum absolute atomic E-state index is 2.40. The van der Waals surface area contributed by atoms with Crippen molar-refractivity contribution in [3.05, 3.63) is 152 Å². The van der Waals surface area contributed by atoms with Crippen molar-refractivity contribution in [3.63, 3.8) is 0 Å². The Balaban J connectivity index is 1.33. The van der Waals surface area contributed by atoms with Crippen LogP contribution in [-0.4, -0.2) is 4.57 Å². The van der Waals surface area contributed by atoms with Crippen LogP contribution in [0.2, 0.25) is 0 Å². The number of benzene rings is 8. The van der Waals surface area contributed by atoms with Crippen molar-refractivity contribution in [1.29, 1.82) is 0 Å². The number of fused-ring (bicyclic) bond motifs is 10. The highest BCUT2D eigenvalue weighted by molar-refractivity contribution is 6.27. The number of hydrogen-bond acceptors (Lipinski definition) is 0. The van der Waals surface area contributed by atoms with Gasteiger partial charge in [-0.15, -0.1) is 0 Å². The van der Waals surface area contributed by atoms with Crippen LogP contribution in [0.5, 0.6) is 0 Å². The molecule has 0 unspecified atom stereocenters. The second kappa shape index (κ2) is 8.55. The van der Waals surface area contributed by atoms with Crippen molar-refractivity contribution in [1.82, 2.24) is 4.57 Å². The molecule has 0 aliphatic rings. The predicted octanol–water partition coefficient (Wildman–Crippen LogP) is 11.1. The second-order valence-corrected chi connectivity index (χ2v) is 11.0. The lowest BCUT2D eigenvalue weighted by Crippen LogP contribution is -1.92. The minimum atomic E-state index is 1.18. The molecule has 1 nitrogen and oxygen atoms in total. The molecule has 1 heteroatoms. The molecule has 0 saturated heterocycles. The van der Waals surface area contributed by atoms with Gasteiger partial charge in [0.05, 0.1) is 11.0 Å². The zero-order valence-corrected chi connectivity index (χ0v) is 22.4. The SMILES string of the molecule is c1ccc(-n2c3ccccc3c3cc(-c4ccc5ccc6ccc7ccc8ccccc8c7c6c5c4)ccc32)cc1. The molecule has 0 amide bonds. The molecule has 8 aromatic carbocycles. The van der Waals surface area contributed by atoms with Crippen molar-refractivity contribution in [2.75, 3.05) is 0 Å². The van der Waals surface area contributed by atoms with Crippen LogP contribution in [0.4, 0.5) is 0 Å². The largest absolute Gasteiger partial charge is 0.309 e. The van der Waals surface area contributed by atoms with Crippen LogP contribution in [0, 0.1) is 0 Å². The Kier molecular flexibility index (Phi) is 4.67. The fourth-order valence-electron chi connectivity index (χ4n) is 6.83. The Morgan fingerprint density at radius 1 is 0.317 bits per heavy atom. The molecule has 41 heavy (non-hydrogen) atoms. The highest BCUT2D eigenvalue weighted by Crippen LogP contribution is 2.39. The van der Waals surface area contributed by atoms with Gasteiger partial charge in [-0.1, -0.05) is 115 Å². The summed E-state index contributed by atoms with van der Waals surface area (Å²) in [6.45, 7) is 0. The van der Waals surface area contributed by atoms with Crippen LogP contribution in [0.25, 0.3) is 81.7 Å². The first-order valence-corrected chi connectivity index (χ1v) is 14.2. The first-order chi connectivity index (χ1) is 20.3. The topological polar surface area (TPSA) is 4.93 Å². The van der Waals surface area contributed by atoms with Crippen LogP contribution in [0.3, 0.4) is 0 Å². The van der Waals surface area contributed by atoms with Crippen LogP contribution in [0.15, 0.2) is 152 Å². The molecular weight excluding hydrogens is 494 g/mol. The fraction of sp³-hybridized carbons (Fsp3) is 0. The Labute approximate surface area is 237 Å². The lowest BCUT2D eigenvalue weighted by Gasteiger charge is -2.12. The lowest BCUT2D eigenvalue weighted by molar-refractivity contribution is 1.18. The van der Waals surface area contributed by atoms with E-state index in [2.05, 4.69) is 156 Å². The zero-order chi connectivity index (χ0) is 26.9. The van der Waals surface area contributed by atoms with Crippen molar-refractivity contribution in [2.24, 2.45) is 0 Å². The van der Waals surface area contributed by atoms with Gasteiger partial charge in [-0.3, -0.25) is 0 Å². The minimum Gasteiger partial charge on any atom is -0.309 e. The summed E-state index contributed by atoms with van der Waals surface area (Å²) < 4.78 is 2.37. The summed E-state index contributed by atoms with van der Waals surface area (Å²) in [5, 5.41) is 12.9. The van der Waals surface area contributed by atoms with E-state index >= 15 is 0 Å². The standard InChI is InChI=1S/C40H25N/c1-2-9-32(10-3-1)41-37-13-7-6-12-34(37)36-25-31(22-23-38(36)41)30-21-16-27-15-18-29-20-19-28-17-14-26-8-4-5-11-33(26)39(28)40(29)35(27)24-30/h1-25H. The van der Waals surface area contributed by atoms with E-state index in [9.17, 15) is 0 Å². The maximum atomic E-state index is 2.40. The third-order valence-corrected chi connectivity index (χ3v) is 8.73. The Morgan fingerprint density at radius 2 is 0.829 bits per heavy atom. The average Bonchev–Trinajstić information content (AvgIpc) is 3.38. The second-order valence-electron chi connectivity index (χ2n) is 11.0. The Bertz CT molecular complexity index is 2450. The molecule has 190 valence electrons. The number of aromatic nitrogens is 1. The molecule has 0 spiro atoms. The van der Waals surface area contributed by atoms with Crippen LogP contribution >= 0.6 is 0 Å². The summed E-state index contributed by atoms with van der Waals surface area (Å²) in [4.78, 5) is 0. The van der Waals surface area contributed by atoms with E-state index in [4.69, 9.17) is 0 Å². The van der Waals surface area contributed by atoms with E-state index in [1.807, 2.05) is 0 Å². The van der Waals surface area contributed by atoms with Gasteiger partial charge in [-0.2, -0.15) is 0 Å². The monoisotopic (exact) mass is 519 g/mol. The van der Waals surface area contributed by atoms with Gasteiger partial charge in [-0.05, 0) is 90.6 Å². The molecule has 0 radical (unpaired) electrons. The quantitative estimate of drug-likeness (QED) is 0.200. The summed E-state index contributed by atoms with van der Waals surface area (Å²) in [6.07, 6.45) is 0. The molecule has 0 aliphatic carbocycles. The van der Waals surface area contributed by atoms with Gasteiger partial charge in [-0.25, -0.2) is 0 Å². The molecule has 0 N–H and O–H groups in total. The predicted molar refractivity (Wildman–Crippen MR) is 176 cm³/mol. The van der Waals surface area contributed by atoms with Gasteiger partial charge in [0.1, 0.15) is 0 Å². The molecule has 0 fully saturated rings. The smallest absolute Gasteiger partial charge is 0.0541 e. The number of nitrogens with zero attached hydrogens (tertiary/aromatic N) is 1. The summed E-state index contributed by atoms with van der Waals surface area (Å²) in [5.74, 6) is 0. The summed E-state index contributed by atoms with van der Waals surface area (Å²) in [6, 6.07) is 55.6. The molecule has 0 atom stereocenters. The molecule has 0 aliphatic heterocycles. The molecule has 0 saturated carbocycles. The van der Waals surface area contributed by atoms with Crippen molar-refractivity contribution in [2.45, 2.75) is 0 Å². The normalized spacial score (nSPS) is 11.9. The number of rotatable bonds is 2. The van der Waals surface area contributed by atoms with Crippen LogP contribution in [-0.2, 0) is 0 Å². The molecule has 1 aromatic heterocycles. The van der Waals surface area contributed by atoms with E-state index in [1.165, 1.54) is 81.7 Å². The third kappa shape index (κ3) is 3.30. The van der Waals surface area contributed by atoms with Gasteiger partial charge in [0.2, 0.25) is 0 Å². The van der Waals surface area contributed by atoms with Gasteiger partial charge < -0.3 is 4.57 Å². The average molecular weight is 520 g/mol. The fourth-order valence-corrected chi connectivity index (χ4v) is 6.83. The summed E-state index contributed by atoms with van der Waals surface area (Å²) in [7, 11) is 0. The first kappa shape index (κ1) is 22.4. The van der Waals surface area contributed by atoms with Crippen molar-refractivity contribution < 1.29 is 0 Å². The molecular formula is C40H25N. The van der Waals surface area contributed by atoms with E-state index in [1.54, 1.807) is 0 Å². The zero-order valence-electron chi connectivity index (χ0n) is 22.4. The maximum Gasteiger partial charge on any atom is 0.0541 e. The van der Waals surface area contributed by atoms with Gasteiger partial charge in [0, 0.05) is 16.5 Å². The summed E-state index contributed by atoms with van der Waals surface area (Å²) >= 11 is 0. The molecule has 0 bridgehead atoms. The van der Waals surface area contributed by atoms with Crippen LogP contribution < -0.4 is 0 Å². The summed E-state index contributed by atoms with van der Waals surface area (Å²) in [5.41, 5.74) is 6.11. The van der Waals surface area contributed by atoms with Crippen molar-refractivity contribution >= 4 is 64.9 Å². The molecule has 9 aromatic rings. The highest BCUT2D eigenvalue weighted by atomic mass is 15.0. The number of hydrogen-bond donors (Lipinski definition) is 0. The Morgan fingerprint density at radius 3 is 1.61 bits per heavy atom. The highest BCUT2D eigenvalue weighted by Gasteiger charge is 2.14. The van der Waals surface area contributed by atoms with E-state index in [0.717, 1.165) is 0 Å². The lowest BCUT2D eigenvalue weighted by atomic mass is 9.91. The molecule has 9 rings (SSSR count). The van der Waals surface area contributed by atoms with Gasteiger partial charge in [0.25, 0.3) is 0 Å². The number of para-hydroxylation sites is 2. The van der Waals surface area contributed by atoms with E-state index < -0.39 is 0 Å². The Hall–Kier alpha value is -5.40. The third-order valence-electron chi connectivity index (χ3n) is 8.73. The van der Waals surface area contributed by atoms with Crippen molar-refractivity contribution in [3.8, 4) is 16.8 Å². The molecule has 1 heterocycles. The minimum absolute atomic E-state index is 1.18. The van der Waals surface area contributed by atoms with Gasteiger partial charge in [0.15, 0.2) is 0 Å². The van der Waals surface area contributed by atoms with E-state index in [-0.39, 0.29) is 0 Å².